The molecule has 0 spiro atoms. The molecule has 11 heteroatoms. The van der Waals surface area contributed by atoms with Crippen molar-refractivity contribution < 1.29 is 27.8 Å². The van der Waals surface area contributed by atoms with Crippen LogP contribution in [0.4, 0.5) is 23.7 Å². The van der Waals surface area contributed by atoms with Gasteiger partial charge in [0, 0.05) is 23.0 Å². The number of carbonyl (C=O) groups is 1. The van der Waals surface area contributed by atoms with Crippen molar-refractivity contribution in [1.29, 1.82) is 0 Å². The molecule has 0 unspecified atom stereocenters. The largest absolute Gasteiger partial charge is 0.465 e. The molecule has 8 nitrogen and oxygen atoms in total. The summed E-state index contributed by atoms with van der Waals surface area (Å²) in [5.41, 5.74) is -3.15. The molecule has 0 fully saturated rings. The highest BCUT2D eigenvalue weighted by atomic mass is 19.4. The first kappa shape index (κ1) is 19.2. The number of aromatic nitrogens is 3. The van der Waals surface area contributed by atoms with Crippen LogP contribution in [0.2, 0.25) is 0 Å². The van der Waals surface area contributed by atoms with Gasteiger partial charge in [-0.2, -0.15) is 13.2 Å². The molecular formula is C19H11F3N4O4. The molecule has 152 valence electrons. The Balaban J connectivity index is 1.86. The zero-order chi connectivity index (χ0) is 21.5. The van der Waals surface area contributed by atoms with E-state index in [9.17, 15) is 22.8 Å². The Labute approximate surface area is 165 Å². The van der Waals surface area contributed by atoms with E-state index in [1.54, 1.807) is 24.3 Å². The molecule has 0 radical (unpaired) electrons. The van der Waals surface area contributed by atoms with Gasteiger partial charge < -0.3 is 14.8 Å². The van der Waals surface area contributed by atoms with Gasteiger partial charge in [0.15, 0.2) is 11.4 Å². The summed E-state index contributed by atoms with van der Waals surface area (Å²) in [4.78, 5) is 32.0. The number of halogens is 3. The minimum atomic E-state index is -4.95. The van der Waals surface area contributed by atoms with Crippen LogP contribution in [0, 0.1) is 0 Å². The van der Waals surface area contributed by atoms with Crippen molar-refractivity contribution in [2.45, 2.75) is 6.18 Å². The van der Waals surface area contributed by atoms with Gasteiger partial charge in [0.1, 0.15) is 11.3 Å². The number of benzene rings is 2. The molecule has 30 heavy (non-hydrogen) atoms. The van der Waals surface area contributed by atoms with Crippen molar-refractivity contribution in [3.8, 4) is 11.5 Å². The number of amides is 1. The molecule has 0 aliphatic rings. The molecular weight excluding hydrogens is 405 g/mol. The summed E-state index contributed by atoms with van der Waals surface area (Å²) < 4.78 is 45.1. The molecule has 1 amide bonds. The SMILES string of the molecule is O=C(O)Nc1ccc(Oc2ccnc3[nH]c(=O)c(C(F)(F)F)nc23)c2ccccc12. The fourth-order valence-electron chi connectivity index (χ4n) is 2.94. The summed E-state index contributed by atoms with van der Waals surface area (Å²) in [6, 6.07) is 11.0. The predicted molar refractivity (Wildman–Crippen MR) is 101 cm³/mol. The fraction of sp³-hybridized carbons (Fsp3) is 0.0526. The topological polar surface area (TPSA) is 117 Å². The summed E-state index contributed by atoms with van der Waals surface area (Å²) >= 11 is 0. The standard InChI is InChI=1S/C19H11F3N4O4/c20-19(21,22)15-17(27)26-16-14(25-15)13(7-8-23-16)30-12-6-5-11(24-18(28)29)9-3-1-2-4-10(9)12/h1-8,24H,(H,28,29)(H,23,26,27). The van der Waals surface area contributed by atoms with Crippen molar-refractivity contribution >= 4 is 33.7 Å². The van der Waals surface area contributed by atoms with E-state index in [2.05, 4.69) is 20.3 Å². The van der Waals surface area contributed by atoms with Gasteiger partial charge in [0.05, 0.1) is 5.69 Å². The number of ether oxygens (including phenoxy) is 1. The number of carboxylic acid groups (broad SMARTS) is 1. The zero-order valence-corrected chi connectivity index (χ0v) is 14.8. The van der Waals surface area contributed by atoms with E-state index in [0.29, 0.717) is 16.5 Å². The Kier molecular flexibility index (Phi) is 4.49. The van der Waals surface area contributed by atoms with Gasteiger partial charge in [-0.05, 0) is 12.1 Å². The maximum atomic E-state index is 13.1. The highest BCUT2D eigenvalue weighted by Gasteiger charge is 2.36. The second kappa shape index (κ2) is 7.03. The van der Waals surface area contributed by atoms with Gasteiger partial charge >= 0.3 is 12.3 Å². The third kappa shape index (κ3) is 3.48. The van der Waals surface area contributed by atoms with Gasteiger partial charge in [-0.15, -0.1) is 0 Å². The number of nitrogens with zero attached hydrogens (tertiary/aromatic N) is 2. The van der Waals surface area contributed by atoms with Crippen molar-refractivity contribution in [2.75, 3.05) is 5.32 Å². The predicted octanol–water partition coefficient (Wildman–Crippen LogP) is 4.37. The molecule has 2 aromatic heterocycles. The lowest BCUT2D eigenvalue weighted by Crippen LogP contribution is -2.24. The minimum absolute atomic E-state index is 0.0640. The Morgan fingerprint density at radius 1 is 1.07 bits per heavy atom. The van der Waals surface area contributed by atoms with E-state index in [1.807, 2.05) is 0 Å². The van der Waals surface area contributed by atoms with Crippen molar-refractivity contribution in [2.24, 2.45) is 0 Å². The summed E-state index contributed by atoms with van der Waals surface area (Å²) in [7, 11) is 0. The van der Waals surface area contributed by atoms with Crippen LogP contribution in [0.15, 0.2) is 53.5 Å². The second-order valence-electron chi connectivity index (χ2n) is 6.11. The number of H-pyrrole nitrogens is 1. The average molecular weight is 416 g/mol. The van der Waals surface area contributed by atoms with Crippen LogP contribution in [0.3, 0.4) is 0 Å². The van der Waals surface area contributed by atoms with E-state index in [0.717, 1.165) is 0 Å². The normalized spacial score (nSPS) is 11.6. The van der Waals surface area contributed by atoms with Gasteiger partial charge in [0.25, 0.3) is 5.56 Å². The first-order chi connectivity index (χ1) is 14.2. The number of alkyl halides is 3. The van der Waals surface area contributed by atoms with Crippen molar-refractivity contribution in [3.05, 3.63) is 64.7 Å². The lowest BCUT2D eigenvalue weighted by atomic mass is 10.1. The third-order valence-electron chi connectivity index (χ3n) is 4.17. The van der Waals surface area contributed by atoms with E-state index in [4.69, 9.17) is 9.84 Å². The Morgan fingerprint density at radius 3 is 2.50 bits per heavy atom. The van der Waals surface area contributed by atoms with Crippen LogP contribution in [-0.2, 0) is 6.18 Å². The summed E-state index contributed by atoms with van der Waals surface area (Å²) in [5, 5.41) is 12.3. The Bertz CT molecular complexity index is 1350. The highest BCUT2D eigenvalue weighted by molar-refractivity contribution is 6.02. The summed E-state index contributed by atoms with van der Waals surface area (Å²) in [6.07, 6.45) is -4.95. The lowest BCUT2D eigenvalue weighted by molar-refractivity contribution is -0.142. The highest BCUT2D eigenvalue weighted by Crippen LogP contribution is 2.36. The summed E-state index contributed by atoms with van der Waals surface area (Å²) in [5.74, 6) is 0.182. The zero-order valence-electron chi connectivity index (χ0n) is 14.8. The number of fused-ring (bicyclic) bond motifs is 2. The molecule has 0 saturated heterocycles. The van der Waals surface area contributed by atoms with Crippen molar-refractivity contribution in [1.82, 2.24) is 15.0 Å². The summed E-state index contributed by atoms with van der Waals surface area (Å²) in [6.45, 7) is 0. The average Bonchev–Trinajstić information content (AvgIpc) is 2.68. The number of hydrogen-bond acceptors (Lipinski definition) is 5. The first-order valence-corrected chi connectivity index (χ1v) is 8.40. The van der Waals surface area contributed by atoms with Gasteiger partial charge in [-0.3, -0.25) is 10.1 Å². The van der Waals surface area contributed by atoms with Crippen molar-refractivity contribution in [3.63, 3.8) is 0 Å². The number of aromatic amines is 1. The number of hydrogen-bond donors (Lipinski definition) is 3. The van der Waals surface area contributed by atoms with Gasteiger partial charge in [-0.25, -0.2) is 14.8 Å². The maximum Gasteiger partial charge on any atom is 0.438 e. The monoisotopic (exact) mass is 416 g/mol. The number of nitrogens with one attached hydrogen (secondary N) is 2. The molecule has 0 aliphatic carbocycles. The van der Waals surface area contributed by atoms with Gasteiger partial charge in [0.2, 0.25) is 5.69 Å². The molecule has 4 rings (SSSR count). The Morgan fingerprint density at radius 2 is 1.80 bits per heavy atom. The molecule has 2 aromatic carbocycles. The van der Waals surface area contributed by atoms with Crippen LogP contribution >= 0.6 is 0 Å². The van der Waals surface area contributed by atoms with Crippen LogP contribution in [0.1, 0.15) is 5.69 Å². The quantitative estimate of drug-likeness (QED) is 0.457. The molecule has 4 aromatic rings. The van der Waals surface area contributed by atoms with E-state index >= 15 is 0 Å². The number of rotatable bonds is 3. The van der Waals surface area contributed by atoms with Gasteiger partial charge in [-0.1, -0.05) is 24.3 Å². The Hall–Kier alpha value is -4.15. The van der Waals surface area contributed by atoms with Crippen LogP contribution in [0.5, 0.6) is 11.5 Å². The smallest absolute Gasteiger partial charge is 0.438 e. The molecule has 2 heterocycles. The number of pyridine rings is 1. The van der Waals surface area contributed by atoms with E-state index < -0.39 is 23.5 Å². The van der Waals surface area contributed by atoms with E-state index in [-0.39, 0.29) is 22.7 Å². The third-order valence-corrected chi connectivity index (χ3v) is 4.17. The lowest BCUT2D eigenvalue weighted by Gasteiger charge is -2.13. The van der Waals surface area contributed by atoms with Crippen LogP contribution in [0.25, 0.3) is 21.9 Å². The first-order valence-electron chi connectivity index (χ1n) is 8.40. The molecule has 0 saturated carbocycles. The second-order valence-corrected chi connectivity index (χ2v) is 6.11. The molecule has 0 atom stereocenters. The van der Waals surface area contributed by atoms with E-state index in [1.165, 1.54) is 24.4 Å². The van der Waals surface area contributed by atoms with Crippen LogP contribution in [-0.4, -0.2) is 26.2 Å². The number of anilines is 1. The fourth-order valence-corrected chi connectivity index (χ4v) is 2.94. The maximum absolute atomic E-state index is 13.1. The minimum Gasteiger partial charge on any atom is -0.465 e. The van der Waals surface area contributed by atoms with Crippen LogP contribution < -0.4 is 15.6 Å². The molecule has 0 aliphatic heterocycles. The molecule has 0 bridgehead atoms. The molecule has 3 N–H and O–H groups in total.